The molecule has 0 unspecified atom stereocenters. The first-order chi connectivity index (χ1) is 13.4. The van der Waals surface area contributed by atoms with Crippen LogP contribution in [0.4, 0.5) is 17.3 Å². The maximum Gasteiger partial charge on any atom is 0.276 e. The number of nitrogens with one attached hydrogen (secondary N) is 2. The van der Waals surface area contributed by atoms with Gasteiger partial charge in [-0.05, 0) is 25.6 Å². The fourth-order valence-electron chi connectivity index (χ4n) is 3.99. The van der Waals surface area contributed by atoms with Gasteiger partial charge in [-0.15, -0.1) is 0 Å². The van der Waals surface area contributed by atoms with E-state index in [1.54, 1.807) is 10.6 Å². The molecule has 2 aliphatic rings. The van der Waals surface area contributed by atoms with Crippen LogP contribution in [0.1, 0.15) is 28.9 Å². The monoisotopic (exact) mass is 385 g/mol. The van der Waals surface area contributed by atoms with Gasteiger partial charge < -0.3 is 26.0 Å². The van der Waals surface area contributed by atoms with Gasteiger partial charge in [0, 0.05) is 25.9 Å². The Balaban J connectivity index is 1.83. The van der Waals surface area contributed by atoms with Crippen molar-refractivity contribution in [3.63, 3.8) is 0 Å². The number of aryl methyl sites for hydroxylation is 1. The molecule has 0 saturated carbocycles. The van der Waals surface area contributed by atoms with Gasteiger partial charge in [-0.2, -0.15) is 0 Å². The number of pyridine rings is 1. The summed E-state index contributed by atoms with van der Waals surface area (Å²) in [6, 6.07) is 1.65. The third kappa shape index (κ3) is 2.68. The van der Waals surface area contributed by atoms with Crippen molar-refractivity contribution in [2.45, 2.75) is 25.4 Å². The van der Waals surface area contributed by atoms with Crippen molar-refractivity contribution in [2.24, 2.45) is 0 Å². The van der Waals surface area contributed by atoms with E-state index in [-0.39, 0.29) is 23.0 Å². The highest BCUT2D eigenvalue weighted by Gasteiger charge is 2.46. The molecular weight excluding hydrogens is 362 g/mol. The molecule has 0 bridgehead atoms. The number of carbonyl (C=O) groups is 1. The molecule has 1 fully saturated rings. The molecule has 4 N–H and O–H groups in total. The smallest absolute Gasteiger partial charge is 0.276 e. The number of nitrogens with zero attached hydrogens (tertiary/aromatic N) is 4. The first-order valence-electron chi connectivity index (χ1n) is 9.06. The van der Waals surface area contributed by atoms with Crippen molar-refractivity contribution >= 4 is 23.2 Å². The van der Waals surface area contributed by atoms with Crippen LogP contribution in [-0.4, -0.2) is 52.6 Å². The van der Waals surface area contributed by atoms with E-state index in [0.29, 0.717) is 35.6 Å². The minimum Gasteiger partial charge on any atom is -0.490 e. The van der Waals surface area contributed by atoms with Crippen LogP contribution in [0.3, 0.4) is 0 Å². The lowest BCUT2D eigenvalue weighted by Crippen LogP contribution is -2.53. The number of carbonyl (C=O) groups excluding carboxylic acids is 1. The highest BCUT2D eigenvalue weighted by Crippen LogP contribution is 2.34. The lowest BCUT2D eigenvalue weighted by Gasteiger charge is -2.39. The minimum atomic E-state index is -0.701. The summed E-state index contributed by atoms with van der Waals surface area (Å²) in [5.74, 6) is 0.506. The van der Waals surface area contributed by atoms with E-state index in [0.717, 1.165) is 13.1 Å². The SMILES string of the molecule is COc1c(N)ncnc1Nc1cc(C)c2n(c1=O)C1(CCN(C)CC1)NC2=O. The number of nitrogens with two attached hydrogens (primary N) is 1. The summed E-state index contributed by atoms with van der Waals surface area (Å²) in [6.07, 6.45) is 2.62. The molecule has 148 valence electrons. The van der Waals surface area contributed by atoms with E-state index < -0.39 is 5.66 Å². The summed E-state index contributed by atoms with van der Waals surface area (Å²) in [4.78, 5) is 36.2. The Bertz CT molecular complexity index is 1010. The fourth-order valence-corrected chi connectivity index (χ4v) is 3.99. The summed E-state index contributed by atoms with van der Waals surface area (Å²) in [5.41, 5.74) is 6.25. The molecule has 0 aliphatic carbocycles. The van der Waals surface area contributed by atoms with Crippen LogP contribution >= 0.6 is 0 Å². The number of hydrogen-bond donors (Lipinski definition) is 3. The summed E-state index contributed by atoms with van der Waals surface area (Å²) in [7, 11) is 3.49. The largest absolute Gasteiger partial charge is 0.490 e. The van der Waals surface area contributed by atoms with Gasteiger partial charge in [0.15, 0.2) is 11.6 Å². The van der Waals surface area contributed by atoms with Gasteiger partial charge in [0.05, 0.1) is 7.11 Å². The number of piperidine rings is 1. The Morgan fingerprint density at radius 2 is 2.00 bits per heavy atom. The van der Waals surface area contributed by atoms with Gasteiger partial charge in [0.25, 0.3) is 11.5 Å². The van der Waals surface area contributed by atoms with Crippen molar-refractivity contribution < 1.29 is 9.53 Å². The van der Waals surface area contributed by atoms with Gasteiger partial charge in [-0.1, -0.05) is 0 Å². The maximum absolute atomic E-state index is 13.4. The van der Waals surface area contributed by atoms with Gasteiger partial charge in [0.2, 0.25) is 5.75 Å². The normalized spacial score (nSPS) is 18.0. The molecule has 0 aromatic carbocycles. The Kier molecular flexibility index (Phi) is 4.22. The van der Waals surface area contributed by atoms with E-state index in [2.05, 4.69) is 25.5 Å². The number of amides is 1. The molecule has 0 radical (unpaired) electrons. The van der Waals surface area contributed by atoms with Gasteiger partial charge in [-0.25, -0.2) is 9.97 Å². The standard InChI is InChI=1S/C18H23N7O3/c1-10-8-11(22-15-13(28-3)14(19)20-9-21-15)17(27)25-12(10)16(26)23-18(25)4-6-24(2)7-5-18/h8-9H,4-7H2,1-3H3,(H,23,26)(H3,19,20,21,22). The Hall–Kier alpha value is -3.14. The second-order valence-corrected chi connectivity index (χ2v) is 7.28. The summed E-state index contributed by atoms with van der Waals surface area (Å²) >= 11 is 0. The van der Waals surface area contributed by atoms with E-state index in [1.165, 1.54) is 13.4 Å². The molecular formula is C18H23N7O3. The van der Waals surface area contributed by atoms with Gasteiger partial charge in [-0.3, -0.25) is 14.2 Å². The molecule has 1 amide bonds. The second-order valence-electron chi connectivity index (χ2n) is 7.28. The molecule has 28 heavy (non-hydrogen) atoms. The minimum absolute atomic E-state index is 0.168. The first kappa shape index (κ1) is 18.2. The molecule has 4 heterocycles. The molecule has 1 spiro atoms. The molecule has 10 heteroatoms. The summed E-state index contributed by atoms with van der Waals surface area (Å²) in [6.45, 7) is 3.40. The molecule has 0 atom stereocenters. The highest BCUT2D eigenvalue weighted by molar-refractivity contribution is 5.97. The third-order valence-electron chi connectivity index (χ3n) is 5.48. The lowest BCUT2D eigenvalue weighted by molar-refractivity contribution is 0.0799. The number of aromatic nitrogens is 3. The zero-order valence-electron chi connectivity index (χ0n) is 16.1. The molecule has 10 nitrogen and oxygen atoms in total. The number of nitrogen functional groups attached to an aromatic ring is 1. The van der Waals surface area contributed by atoms with E-state index in [4.69, 9.17) is 10.5 Å². The molecule has 4 rings (SSSR count). The highest BCUT2D eigenvalue weighted by atomic mass is 16.5. The summed E-state index contributed by atoms with van der Waals surface area (Å²) in [5, 5.41) is 6.07. The lowest BCUT2D eigenvalue weighted by atomic mass is 9.97. The van der Waals surface area contributed by atoms with E-state index >= 15 is 0 Å². The van der Waals surface area contributed by atoms with Gasteiger partial charge in [0.1, 0.15) is 23.4 Å². The van der Waals surface area contributed by atoms with Crippen LogP contribution in [0.2, 0.25) is 0 Å². The van der Waals surface area contributed by atoms with Crippen LogP contribution in [0.5, 0.6) is 5.75 Å². The average molecular weight is 385 g/mol. The molecule has 1 saturated heterocycles. The maximum atomic E-state index is 13.4. The van der Waals surface area contributed by atoms with E-state index in [1.807, 2.05) is 14.0 Å². The quantitative estimate of drug-likeness (QED) is 0.693. The molecule has 2 aromatic rings. The Labute approximate surface area is 161 Å². The topological polar surface area (TPSA) is 127 Å². The number of anilines is 3. The Morgan fingerprint density at radius 1 is 1.29 bits per heavy atom. The van der Waals surface area contributed by atoms with Crippen LogP contribution < -0.4 is 26.7 Å². The number of rotatable bonds is 3. The van der Waals surface area contributed by atoms with Crippen molar-refractivity contribution in [1.82, 2.24) is 24.8 Å². The van der Waals surface area contributed by atoms with Crippen molar-refractivity contribution in [3.05, 3.63) is 34.0 Å². The predicted molar refractivity (Wildman–Crippen MR) is 104 cm³/mol. The number of likely N-dealkylation sites (tertiary alicyclic amines) is 1. The summed E-state index contributed by atoms with van der Waals surface area (Å²) < 4.78 is 6.86. The predicted octanol–water partition coefficient (Wildman–Crippen LogP) is 0.403. The third-order valence-corrected chi connectivity index (χ3v) is 5.48. The van der Waals surface area contributed by atoms with Crippen LogP contribution in [0.15, 0.2) is 17.2 Å². The zero-order valence-corrected chi connectivity index (χ0v) is 16.1. The van der Waals surface area contributed by atoms with Crippen LogP contribution in [0.25, 0.3) is 0 Å². The van der Waals surface area contributed by atoms with Gasteiger partial charge >= 0.3 is 0 Å². The average Bonchev–Trinajstić information content (AvgIpc) is 2.95. The van der Waals surface area contributed by atoms with Crippen LogP contribution in [-0.2, 0) is 5.66 Å². The van der Waals surface area contributed by atoms with Crippen molar-refractivity contribution in [1.29, 1.82) is 0 Å². The first-order valence-corrected chi connectivity index (χ1v) is 9.06. The molecule has 2 aliphatic heterocycles. The number of hydrogen-bond acceptors (Lipinski definition) is 8. The molecule has 2 aromatic heterocycles. The number of methoxy groups -OCH3 is 1. The number of ether oxygens (including phenoxy) is 1. The zero-order chi connectivity index (χ0) is 20.1. The number of fused-ring (bicyclic) bond motifs is 2. The van der Waals surface area contributed by atoms with Crippen LogP contribution in [0, 0.1) is 6.92 Å². The Morgan fingerprint density at radius 3 is 2.68 bits per heavy atom. The van der Waals surface area contributed by atoms with Crippen molar-refractivity contribution in [2.75, 3.05) is 38.3 Å². The second kappa shape index (κ2) is 6.48. The van der Waals surface area contributed by atoms with Crippen molar-refractivity contribution in [3.8, 4) is 5.75 Å². The fraction of sp³-hybridized carbons (Fsp3) is 0.444. The van der Waals surface area contributed by atoms with E-state index in [9.17, 15) is 9.59 Å².